The fourth-order valence-electron chi connectivity index (χ4n) is 2.19. The number of pyridine rings is 1. The Balaban J connectivity index is 2.45. The molecule has 6 heteroatoms. The van der Waals surface area contributed by atoms with Gasteiger partial charge in [0.05, 0.1) is 29.6 Å². The van der Waals surface area contributed by atoms with Crippen LogP contribution in [0.15, 0.2) is 6.20 Å². The summed E-state index contributed by atoms with van der Waals surface area (Å²) < 4.78 is 6.77. The number of carbonyl (C=O) groups excluding carboxylic acids is 1. The number of carbonyl (C=O) groups is 1. The molecule has 0 aliphatic heterocycles. The van der Waals surface area contributed by atoms with E-state index in [1.54, 1.807) is 24.7 Å². The van der Waals surface area contributed by atoms with Crippen LogP contribution in [0.1, 0.15) is 35.8 Å². The van der Waals surface area contributed by atoms with E-state index in [1.807, 2.05) is 0 Å². The number of terminal acetylenes is 1. The quantitative estimate of drug-likeness (QED) is 0.515. The predicted octanol–water partition coefficient (Wildman–Crippen LogP) is 1.91. The van der Waals surface area contributed by atoms with Gasteiger partial charge in [-0.25, -0.2) is 14.5 Å². The highest BCUT2D eigenvalue weighted by molar-refractivity contribution is 6.04. The molecule has 2 heterocycles. The molecule has 0 aromatic carbocycles. The van der Waals surface area contributed by atoms with Crippen molar-refractivity contribution in [3.8, 4) is 12.3 Å². The third-order valence-corrected chi connectivity index (χ3v) is 3.18. The summed E-state index contributed by atoms with van der Waals surface area (Å²) in [6, 6.07) is 0. The van der Waals surface area contributed by atoms with Crippen LogP contribution in [0.2, 0.25) is 0 Å². The number of aromatic nitrogens is 3. The Labute approximate surface area is 123 Å². The van der Waals surface area contributed by atoms with E-state index in [4.69, 9.17) is 16.9 Å². The van der Waals surface area contributed by atoms with Crippen LogP contribution in [-0.4, -0.2) is 27.3 Å². The van der Waals surface area contributed by atoms with Crippen molar-refractivity contribution in [1.29, 1.82) is 0 Å². The minimum absolute atomic E-state index is 0.293. The lowest BCUT2D eigenvalue weighted by Crippen LogP contribution is -2.12. The lowest BCUT2D eigenvalue weighted by Gasteiger charge is -2.10. The Morgan fingerprint density at radius 3 is 3.00 bits per heavy atom. The van der Waals surface area contributed by atoms with Crippen LogP contribution in [0.25, 0.3) is 11.0 Å². The Hall–Kier alpha value is -2.55. The minimum atomic E-state index is -0.456. The number of anilines is 1. The normalized spacial score (nSPS) is 10.5. The van der Waals surface area contributed by atoms with Gasteiger partial charge in [-0.2, -0.15) is 5.10 Å². The number of rotatable bonds is 5. The third-order valence-electron chi connectivity index (χ3n) is 3.18. The van der Waals surface area contributed by atoms with Crippen LogP contribution >= 0.6 is 0 Å². The SMILES string of the molecule is C#CCCCn1ncc2c(N)c(C(=O)OCC)c(C)nc21. The lowest BCUT2D eigenvalue weighted by atomic mass is 10.1. The van der Waals surface area contributed by atoms with Gasteiger partial charge in [0, 0.05) is 13.0 Å². The molecule has 0 amide bonds. The number of unbranched alkanes of at least 4 members (excludes halogenated alkanes) is 1. The molecule has 0 aliphatic rings. The molecule has 0 atom stereocenters. The molecule has 2 N–H and O–H groups in total. The Kier molecular flexibility index (Phi) is 4.43. The average Bonchev–Trinajstić information content (AvgIpc) is 2.83. The molecule has 21 heavy (non-hydrogen) atoms. The first-order valence-electron chi connectivity index (χ1n) is 6.82. The van der Waals surface area contributed by atoms with Gasteiger partial charge in [0.1, 0.15) is 5.56 Å². The molecule has 0 saturated carbocycles. The Morgan fingerprint density at radius 1 is 1.57 bits per heavy atom. The maximum Gasteiger partial charge on any atom is 0.342 e. The topological polar surface area (TPSA) is 83.0 Å². The number of hydrogen-bond donors (Lipinski definition) is 1. The second-order valence-electron chi connectivity index (χ2n) is 4.62. The highest BCUT2D eigenvalue weighted by atomic mass is 16.5. The highest BCUT2D eigenvalue weighted by Crippen LogP contribution is 2.26. The monoisotopic (exact) mass is 286 g/mol. The van der Waals surface area contributed by atoms with E-state index in [1.165, 1.54) is 0 Å². The molecule has 2 rings (SSSR count). The zero-order valence-corrected chi connectivity index (χ0v) is 12.2. The van der Waals surface area contributed by atoms with Crippen molar-refractivity contribution in [2.75, 3.05) is 12.3 Å². The highest BCUT2D eigenvalue weighted by Gasteiger charge is 2.20. The van der Waals surface area contributed by atoms with Crippen molar-refractivity contribution >= 4 is 22.7 Å². The molecule has 0 saturated heterocycles. The van der Waals surface area contributed by atoms with Gasteiger partial charge in [-0.3, -0.25) is 0 Å². The summed E-state index contributed by atoms with van der Waals surface area (Å²) in [4.78, 5) is 16.4. The Bertz CT molecular complexity index is 713. The smallest absolute Gasteiger partial charge is 0.342 e. The number of nitrogen functional groups attached to an aromatic ring is 1. The van der Waals surface area contributed by atoms with Crippen LogP contribution < -0.4 is 5.73 Å². The van der Waals surface area contributed by atoms with Crippen molar-refractivity contribution in [2.24, 2.45) is 0 Å². The Morgan fingerprint density at radius 2 is 2.33 bits per heavy atom. The number of nitrogens with two attached hydrogens (primary N) is 1. The first-order valence-corrected chi connectivity index (χ1v) is 6.82. The van der Waals surface area contributed by atoms with E-state index in [0.29, 0.717) is 47.6 Å². The van der Waals surface area contributed by atoms with Crippen LogP contribution in [-0.2, 0) is 11.3 Å². The van der Waals surface area contributed by atoms with Gasteiger partial charge in [-0.05, 0) is 20.3 Å². The van der Waals surface area contributed by atoms with Crippen molar-refractivity contribution < 1.29 is 9.53 Å². The van der Waals surface area contributed by atoms with Gasteiger partial charge >= 0.3 is 5.97 Å². The second-order valence-corrected chi connectivity index (χ2v) is 4.62. The van der Waals surface area contributed by atoms with Crippen molar-refractivity contribution in [3.05, 3.63) is 17.5 Å². The van der Waals surface area contributed by atoms with Gasteiger partial charge in [0.2, 0.25) is 0 Å². The van der Waals surface area contributed by atoms with E-state index >= 15 is 0 Å². The van der Waals surface area contributed by atoms with Crippen molar-refractivity contribution in [1.82, 2.24) is 14.8 Å². The van der Waals surface area contributed by atoms with E-state index in [2.05, 4.69) is 16.0 Å². The predicted molar refractivity (Wildman–Crippen MR) is 80.7 cm³/mol. The molecule has 0 aliphatic carbocycles. The molecule has 0 bridgehead atoms. The first-order chi connectivity index (χ1) is 10.1. The average molecular weight is 286 g/mol. The molecule has 0 spiro atoms. The van der Waals surface area contributed by atoms with Crippen molar-refractivity contribution in [3.63, 3.8) is 0 Å². The zero-order chi connectivity index (χ0) is 15.4. The molecule has 0 unspecified atom stereocenters. The van der Waals surface area contributed by atoms with Gasteiger partial charge < -0.3 is 10.5 Å². The summed E-state index contributed by atoms with van der Waals surface area (Å²) >= 11 is 0. The van der Waals surface area contributed by atoms with Gasteiger partial charge in [0.25, 0.3) is 0 Å². The summed E-state index contributed by atoms with van der Waals surface area (Å²) in [7, 11) is 0. The summed E-state index contributed by atoms with van der Waals surface area (Å²) in [5.41, 5.74) is 7.97. The number of hydrogen-bond acceptors (Lipinski definition) is 5. The minimum Gasteiger partial charge on any atom is -0.462 e. The van der Waals surface area contributed by atoms with Crippen LogP contribution in [0.3, 0.4) is 0 Å². The number of ether oxygens (including phenoxy) is 1. The number of esters is 1. The largest absolute Gasteiger partial charge is 0.462 e. The van der Waals surface area contributed by atoms with Crippen molar-refractivity contribution in [2.45, 2.75) is 33.2 Å². The van der Waals surface area contributed by atoms with Crippen LogP contribution in [0.4, 0.5) is 5.69 Å². The fraction of sp³-hybridized carbons (Fsp3) is 0.400. The standard InChI is InChI=1S/C15H18N4O2/c1-4-6-7-8-19-14-11(9-17-19)13(16)12(10(3)18-14)15(20)21-5-2/h1,9H,5-8H2,2-3H3,(H2,16,18). The van der Waals surface area contributed by atoms with E-state index in [9.17, 15) is 4.79 Å². The lowest BCUT2D eigenvalue weighted by molar-refractivity contribution is 0.0526. The molecule has 110 valence electrons. The molecule has 2 aromatic heterocycles. The molecule has 2 aromatic rings. The summed E-state index contributed by atoms with van der Waals surface area (Å²) in [5, 5.41) is 4.93. The number of fused-ring (bicyclic) bond motifs is 1. The summed E-state index contributed by atoms with van der Waals surface area (Å²) in [6.07, 6.45) is 8.35. The fourth-order valence-corrected chi connectivity index (χ4v) is 2.19. The zero-order valence-electron chi connectivity index (χ0n) is 12.2. The van der Waals surface area contributed by atoms with Gasteiger partial charge in [-0.1, -0.05) is 0 Å². The maximum atomic E-state index is 12.0. The molecule has 6 nitrogen and oxygen atoms in total. The molecular formula is C15H18N4O2. The first kappa shape index (κ1) is 14.9. The maximum absolute atomic E-state index is 12.0. The molecule has 0 radical (unpaired) electrons. The number of aryl methyl sites for hydroxylation is 2. The summed E-state index contributed by atoms with van der Waals surface area (Å²) in [6.45, 7) is 4.44. The second kappa shape index (κ2) is 6.27. The third kappa shape index (κ3) is 2.82. The molecular weight excluding hydrogens is 268 g/mol. The molecule has 0 fully saturated rings. The number of nitrogens with zero attached hydrogens (tertiary/aromatic N) is 3. The van der Waals surface area contributed by atoms with Crippen LogP contribution in [0, 0.1) is 19.3 Å². The van der Waals surface area contributed by atoms with E-state index in [0.717, 1.165) is 6.42 Å². The summed E-state index contributed by atoms with van der Waals surface area (Å²) in [5.74, 6) is 2.14. The van der Waals surface area contributed by atoms with Gasteiger partial charge in [0.15, 0.2) is 5.65 Å². The van der Waals surface area contributed by atoms with Gasteiger partial charge in [-0.15, -0.1) is 12.3 Å². The van der Waals surface area contributed by atoms with E-state index < -0.39 is 5.97 Å². The van der Waals surface area contributed by atoms with Crippen LogP contribution in [0.5, 0.6) is 0 Å². The van der Waals surface area contributed by atoms with E-state index in [-0.39, 0.29) is 0 Å².